The second kappa shape index (κ2) is 29.4. The number of hydrogen-bond acceptors (Lipinski definition) is 2. The second-order valence-corrected chi connectivity index (χ2v) is 12.6. The van der Waals surface area contributed by atoms with E-state index in [1.807, 2.05) is 6.92 Å². The Kier molecular flexibility index (Phi) is 30.6. The number of unbranched alkanes of at least 4 members (excludes halogenated alkanes) is 24. The van der Waals surface area contributed by atoms with Crippen molar-refractivity contribution in [2.24, 2.45) is 11.3 Å². The van der Waals surface area contributed by atoms with Gasteiger partial charge in [0.25, 0.3) is 0 Å². The number of carbonyl (C=O) groups is 1. The van der Waals surface area contributed by atoms with Crippen LogP contribution in [0.2, 0.25) is 0 Å². The Bertz CT molecular complexity index is 481. The van der Waals surface area contributed by atoms with Gasteiger partial charge in [-0.1, -0.05) is 195 Å². The van der Waals surface area contributed by atoms with Crippen LogP contribution in [0.15, 0.2) is 0 Å². The lowest BCUT2D eigenvalue weighted by Crippen LogP contribution is -2.44. The van der Waals surface area contributed by atoms with Crippen LogP contribution in [0.5, 0.6) is 0 Å². The van der Waals surface area contributed by atoms with E-state index in [-0.39, 0.29) is 12.1 Å². The summed E-state index contributed by atoms with van der Waals surface area (Å²) in [5.41, 5.74) is -0.658. The molecule has 0 radical (unpaired) electrons. The minimum atomic E-state index is -0.825. The fourth-order valence-corrected chi connectivity index (χ4v) is 5.85. The highest BCUT2D eigenvalue weighted by Gasteiger charge is 2.31. The third-order valence-electron chi connectivity index (χ3n) is 9.09. The van der Waals surface area contributed by atoms with E-state index in [0.29, 0.717) is 0 Å². The molecule has 3 nitrogen and oxygen atoms in total. The first-order chi connectivity index (χ1) is 18.0. The van der Waals surface area contributed by atoms with Crippen molar-refractivity contribution in [2.45, 2.75) is 207 Å². The van der Waals surface area contributed by atoms with Crippen molar-refractivity contribution in [1.29, 1.82) is 0 Å². The van der Waals surface area contributed by atoms with E-state index in [4.69, 9.17) is 0 Å². The number of rotatable bonds is 30. The van der Waals surface area contributed by atoms with E-state index in [2.05, 4.69) is 20.8 Å². The minimum absolute atomic E-state index is 0. The van der Waals surface area contributed by atoms with Crippen LogP contribution in [-0.2, 0) is 4.79 Å². The summed E-state index contributed by atoms with van der Waals surface area (Å²) in [6.07, 6.45) is 36.8. The van der Waals surface area contributed by atoms with Gasteiger partial charge in [-0.2, -0.15) is 0 Å². The van der Waals surface area contributed by atoms with Gasteiger partial charge in [0.05, 0.1) is 0 Å². The zero-order valence-electron chi connectivity index (χ0n) is 27.2. The van der Waals surface area contributed by atoms with E-state index in [1.165, 1.54) is 161 Å². The Morgan fingerprint density at radius 3 is 1.08 bits per heavy atom. The van der Waals surface area contributed by atoms with Crippen molar-refractivity contribution in [2.75, 3.05) is 0 Å². The average Bonchev–Trinajstić information content (AvgIpc) is 2.89. The van der Waals surface area contributed by atoms with Gasteiger partial charge in [-0.15, -0.1) is 0 Å². The summed E-state index contributed by atoms with van der Waals surface area (Å²) in [5, 5.41) is 12.0. The molecule has 0 aromatic rings. The number of hydrogen-bond donors (Lipinski definition) is 1. The lowest BCUT2D eigenvalue weighted by atomic mass is 9.72. The van der Waals surface area contributed by atoms with Crippen LogP contribution >= 0.6 is 0 Å². The molecule has 0 aromatic carbocycles. The Morgan fingerprint density at radius 2 is 0.789 bits per heavy atom. The average molecular weight is 540 g/mol. The van der Waals surface area contributed by atoms with Crippen LogP contribution in [0.1, 0.15) is 207 Å². The quantitative estimate of drug-likeness (QED) is 0.0921. The molecule has 4 N–H and O–H groups in total. The molecule has 230 valence electrons. The van der Waals surface area contributed by atoms with Crippen LogP contribution in [0.3, 0.4) is 0 Å². The van der Waals surface area contributed by atoms with Crippen LogP contribution in [0.4, 0.5) is 0 Å². The summed E-state index contributed by atoms with van der Waals surface area (Å²) < 4.78 is 0. The predicted octanol–water partition coefficient (Wildman–Crippen LogP) is 11.7. The molecule has 0 bridgehead atoms. The molecule has 0 fully saturated rings. The fourth-order valence-electron chi connectivity index (χ4n) is 5.85. The molecule has 0 rings (SSSR count). The summed E-state index contributed by atoms with van der Waals surface area (Å²) in [5.74, 6) is -0.615. The van der Waals surface area contributed by atoms with Crippen molar-refractivity contribution in [3.63, 3.8) is 0 Å². The maximum Gasteiger partial charge on any atom is 0.0476 e. The molecule has 0 heterocycles. The molecule has 0 amide bonds. The monoisotopic (exact) mass is 540 g/mol. The standard InChI is InChI=1S/C35H70O2.H3N/c1-5-7-9-11-13-15-17-19-21-23-25-27-29-31-33(3)35(4,34(36)37)32-30-28-26-24-22-20-18-16-14-12-10-8-6-2;/h33H,5-32H2,1-4H3,(H,36,37);1H3. The van der Waals surface area contributed by atoms with Gasteiger partial charge in [0, 0.05) is 11.4 Å². The van der Waals surface area contributed by atoms with E-state index in [0.717, 1.165) is 19.3 Å². The summed E-state index contributed by atoms with van der Waals surface area (Å²) >= 11 is 0. The second-order valence-electron chi connectivity index (χ2n) is 12.6. The first-order valence-corrected chi connectivity index (χ1v) is 17.2. The van der Waals surface area contributed by atoms with Gasteiger partial charge >= 0.3 is 0 Å². The van der Waals surface area contributed by atoms with E-state index < -0.39 is 11.4 Å². The largest absolute Gasteiger partial charge is 0.550 e. The van der Waals surface area contributed by atoms with E-state index in [1.54, 1.807) is 0 Å². The third-order valence-corrected chi connectivity index (χ3v) is 9.09. The van der Waals surface area contributed by atoms with Crippen molar-refractivity contribution in [3.8, 4) is 0 Å². The van der Waals surface area contributed by atoms with Gasteiger partial charge in [0.2, 0.25) is 0 Å². The Hall–Kier alpha value is -0.570. The van der Waals surface area contributed by atoms with Crippen LogP contribution in [0.25, 0.3) is 0 Å². The molecule has 38 heavy (non-hydrogen) atoms. The van der Waals surface area contributed by atoms with Gasteiger partial charge < -0.3 is 16.1 Å². The Labute approximate surface area is 240 Å². The minimum Gasteiger partial charge on any atom is -0.550 e. The number of carbonyl (C=O) groups excluding carboxylic acids is 1. The molecule has 2 unspecified atom stereocenters. The van der Waals surface area contributed by atoms with Gasteiger partial charge in [-0.3, -0.25) is 0 Å². The Balaban J connectivity index is 0. The highest BCUT2D eigenvalue weighted by Crippen LogP contribution is 2.36. The van der Waals surface area contributed by atoms with Crippen molar-refractivity contribution in [1.82, 2.24) is 6.15 Å². The number of quaternary nitrogens is 1. The highest BCUT2D eigenvalue weighted by atomic mass is 16.4. The number of aliphatic carboxylic acids is 1. The predicted molar refractivity (Wildman–Crippen MR) is 169 cm³/mol. The van der Waals surface area contributed by atoms with Crippen LogP contribution < -0.4 is 11.3 Å². The van der Waals surface area contributed by atoms with Crippen LogP contribution in [-0.4, -0.2) is 5.97 Å². The van der Waals surface area contributed by atoms with Gasteiger partial charge in [0.15, 0.2) is 0 Å². The maximum atomic E-state index is 12.0. The van der Waals surface area contributed by atoms with Gasteiger partial charge in [-0.25, -0.2) is 0 Å². The van der Waals surface area contributed by atoms with Crippen molar-refractivity contribution >= 4 is 5.97 Å². The molecule has 0 aliphatic rings. The smallest absolute Gasteiger partial charge is 0.0476 e. The first-order valence-electron chi connectivity index (χ1n) is 17.2. The lowest BCUT2D eigenvalue weighted by Gasteiger charge is -2.37. The molecule has 0 aliphatic heterocycles. The van der Waals surface area contributed by atoms with Crippen molar-refractivity contribution in [3.05, 3.63) is 0 Å². The molecule has 0 saturated carbocycles. The zero-order chi connectivity index (χ0) is 27.5. The number of carboxylic acid groups (broad SMARTS) is 1. The summed E-state index contributed by atoms with van der Waals surface area (Å²) in [6, 6.07) is 0. The molecule has 0 aromatic heterocycles. The zero-order valence-corrected chi connectivity index (χ0v) is 27.2. The first kappa shape index (κ1) is 39.6. The molecular formula is C35H73NO2. The summed E-state index contributed by atoms with van der Waals surface area (Å²) in [4.78, 5) is 12.0. The van der Waals surface area contributed by atoms with Gasteiger partial charge in [0.1, 0.15) is 0 Å². The normalized spacial score (nSPS) is 13.7. The Morgan fingerprint density at radius 1 is 0.526 bits per heavy atom. The van der Waals surface area contributed by atoms with E-state index >= 15 is 0 Å². The van der Waals surface area contributed by atoms with Crippen molar-refractivity contribution < 1.29 is 9.90 Å². The number of carboxylic acids is 1. The molecule has 3 heteroatoms. The molecule has 2 atom stereocenters. The van der Waals surface area contributed by atoms with Crippen LogP contribution in [0, 0.1) is 11.3 Å². The fraction of sp³-hybridized carbons (Fsp3) is 0.971. The molecule has 0 spiro atoms. The van der Waals surface area contributed by atoms with Gasteiger partial charge in [-0.05, 0) is 18.8 Å². The maximum absolute atomic E-state index is 12.0. The SMILES string of the molecule is CCCCCCCCCCCCCCCC(C)C(C)(CCCCCCCCCCCCCCC)C(=O)[O-].[NH4+]. The molecule has 0 aliphatic carbocycles. The lowest BCUT2D eigenvalue weighted by molar-refractivity contribution is -0.321. The molecule has 0 saturated heterocycles. The highest BCUT2D eigenvalue weighted by molar-refractivity contribution is 5.72. The summed E-state index contributed by atoms with van der Waals surface area (Å²) in [7, 11) is 0. The third kappa shape index (κ3) is 23.3. The molecular weight excluding hydrogens is 466 g/mol. The summed E-state index contributed by atoms with van der Waals surface area (Å²) in [6.45, 7) is 8.67. The topological polar surface area (TPSA) is 76.6 Å². The van der Waals surface area contributed by atoms with E-state index in [9.17, 15) is 9.90 Å².